The molecule has 2 N–H and O–H groups in total. The number of urea groups is 1. The smallest absolute Gasteiger partial charge is 0.341 e. The number of fused-ring (bicyclic) bond motifs is 2. The number of para-hydroxylation sites is 2. The Kier molecular flexibility index (Phi) is 5.25. The summed E-state index contributed by atoms with van der Waals surface area (Å²) in [6.45, 7) is 4.57. The van der Waals surface area contributed by atoms with Crippen molar-refractivity contribution in [2.45, 2.75) is 19.6 Å². The van der Waals surface area contributed by atoms with Crippen LogP contribution in [0, 0.1) is 11.8 Å². The lowest BCUT2D eigenvalue weighted by Crippen LogP contribution is -2.49. The van der Waals surface area contributed by atoms with Crippen LogP contribution in [0.2, 0.25) is 0 Å². The molecule has 1 saturated heterocycles. The van der Waals surface area contributed by atoms with Crippen LogP contribution in [-0.4, -0.2) is 51.4 Å². The number of rotatable bonds is 4. The van der Waals surface area contributed by atoms with Gasteiger partial charge >= 0.3 is 12.2 Å². The van der Waals surface area contributed by atoms with Gasteiger partial charge in [-0.15, -0.1) is 0 Å². The van der Waals surface area contributed by atoms with Gasteiger partial charge < -0.3 is 9.88 Å². The van der Waals surface area contributed by atoms with Crippen molar-refractivity contribution in [3.8, 4) is 0 Å². The molecule has 2 aromatic carbocycles. The number of nitrogens with zero attached hydrogens (tertiary/aromatic N) is 5. The summed E-state index contributed by atoms with van der Waals surface area (Å²) in [5, 5.41) is 2.94. The number of nitrogens with one attached hydrogen (secondary N) is 2. The van der Waals surface area contributed by atoms with Crippen LogP contribution in [0.4, 0.5) is 23.7 Å². The number of likely N-dealkylation sites (tertiary alicyclic amines) is 1. The van der Waals surface area contributed by atoms with Gasteiger partial charge in [0.1, 0.15) is 18.3 Å². The number of carbonyl (C=O) groups excluding carboxylic acids is 1. The zero-order valence-corrected chi connectivity index (χ0v) is 19.5. The monoisotopic (exact) mass is 495 g/mol. The van der Waals surface area contributed by atoms with E-state index in [0.717, 1.165) is 42.1 Å². The quantitative estimate of drug-likeness (QED) is 0.564. The average Bonchev–Trinajstić information content (AvgIpc) is 3.55. The lowest BCUT2D eigenvalue weighted by molar-refractivity contribution is -0.137. The van der Waals surface area contributed by atoms with Crippen molar-refractivity contribution in [3.63, 3.8) is 0 Å². The van der Waals surface area contributed by atoms with E-state index in [4.69, 9.17) is 4.99 Å². The fraction of sp³-hybridized carbons (Fsp3) is 0.320. The Hall–Kier alpha value is -3.86. The molecule has 11 heteroatoms. The molecular weight excluding hydrogens is 471 g/mol. The zero-order valence-electron chi connectivity index (χ0n) is 19.5. The van der Waals surface area contributed by atoms with E-state index in [-0.39, 0.29) is 24.5 Å². The molecule has 0 saturated carbocycles. The van der Waals surface area contributed by atoms with Crippen molar-refractivity contribution in [2.24, 2.45) is 16.8 Å². The molecule has 36 heavy (non-hydrogen) atoms. The normalized spacial score (nSPS) is 22.6. The van der Waals surface area contributed by atoms with Crippen LogP contribution >= 0.6 is 0 Å². The number of H-pyrrole nitrogens is 1. The third kappa shape index (κ3) is 4.09. The van der Waals surface area contributed by atoms with E-state index in [0.29, 0.717) is 23.9 Å². The molecule has 3 aliphatic rings. The van der Waals surface area contributed by atoms with Crippen molar-refractivity contribution in [1.29, 1.82) is 0 Å². The number of halogens is 3. The Balaban J connectivity index is 1.18. The van der Waals surface area contributed by atoms with E-state index in [1.807, 2.05) is 24.3 Å². The van der Waals surface area contributed by atoms with E-state index < -0.39 is 11.7 Å². The second-order valence-corrected chi connectivity index (χ2v) is 9.48. The molecular formula is C25H24F3N7O. The largest absolute Gasteiger partial charge is 0.416 e. The van der Waals surface area contributed by atoms with Crippen LogP contribution in [0.5, 0.6) is 0 Å². The second kappa shape index (κ2) is 8.37. The highest BCUT2D eigenvalue weighted by Gasteiger charge is 2.39. The number of aromatic nitrogens is 2. The summed E-state index contributed by atoms with van der Waals surface area (Å²) in [6.07, 6.45) is -2.69. The molecule has 2 atom stereocenters. The molecule has 186 valence electrons. The third-order valence-electron chi connectivity index (χ3n) is 6.93. The summed E-state index contributed by atoms with van der Waals surface area (Å²) < 4.78 is 38.7. The van der Waals surface area contributed by atoms with Crippen molar-refractivity contribution >= 4 is 28.6 Å². The molecule has 0 bridgehead atoms. The number of amides is 2. The number of hydrogen-bond donors (Lipinski definition) is 2. The first-order chi connectivity index (χ1) is 17.2. The Morgan fingerprint density at radius 2 is 1.86 bits per heavy atom. The van der Waals surface area contributed by atoms with Gasteiger partial charge in [0.2, 0.25) is 0 Å². The number of aromatic amines is 1. The summed E-state index contributed by atoms with van der Waals surface area (Å²) in [4.78, 5) is 31.1. The van der Waals surface area contributed by atoms with E-state index in [1.165, 1.54) is 17.0 Å². The van der Waals surface area contributed by atoms with Crippen molar-refractivity contribution < 1.29 is 18.0 Å². The minimum atomic E-state index is -4.39. The molecule has 1 aromatic heterocycles. The van der Waals surface area contributed by atoms with Gasteiger partial charge in [0.15, 0.2) is 5.82 Å². The van der Waals surface area contributed by atoms with Crippen LogP contribution < -0.4 is 10.2 Å². The van der Waals surface area contributed by atoms with Gasteiger partial charge in [-0.1, -0.05) is 19.1 Å². The molecule has 6 rings (SSSR count). The molecule has 2 unspecified atom stereocenters. The lowest BCUT2D eigenvalue weighted by Gasteiger charge is -2.28. The predicted octanol–water partition coefficient (Wildman–Crippen LogP) is 4.35. The van der Waals surface area contributed by atoms with Gasteiger partial charge in [-0.3, -0.25) is 15.1 Å². The summed E-state index contributed by atoms with van der Waals surface area (Å²) in [6, 6.07) is 12.5. The van der Waals surface area contributed by atoms with Gasteiger partial charge in [0.05, 0.1) is 23.1 Å². The van der Waals surface area contributed by atoms with Crippen molar-refractivity contribution in [2.75, 3.05) is 24.7 Å². The molecule has 2 amide bonds. The molecule has 0 aliphatic carbocycles. The minimum Gasteiger partial charge on any atom is -0.341 e. The Morgan fingerprint density at radius 3 is 2.61 bits per heavy atom. The number of imidazole rings is 1. The maximum atomic E-state index is 12.9. The van der Waals surface area contributed by atoms with Crippen LogP contribution in [0.1, 0.15) is 18.3 Å². The van der Waals surface area contributed by atoms with Gasteiger partial charge in [-0.05, 0) is 42.3 Å². The number of hydrogen-bond acceptors (Lipinski definition) is 5. The summed E-state index contributed by atoms with van der Waals surface area (Å²) in [5.41, 5.74) is 1.79. The van der Waals surface area contributed by atoms with Gasteiger partial charge in [0, 0.05) is 30.9 Å². The number of alkyl halides is 3. The van der Waals surface area contributed by atoms with Crippen LogP contribution in [0.15, 0.2) is 65.5 Å². The maximum absolute atomic E-state index is 12.9. The highest BCUT2D eigenvalue weighted by atomic mass is 19.4. The number of benzene rings is 2. The highest BCUT2D eigenvalue weighted by molar-refractivity contribution is 6.02. The standard InChI is InChI=1S/C25H24F3N7O/c1-15-10-33(12-21-29-19-4-2-3-5-20(19)30-21)11-18(15)23-31-22-13-34(14-35(22)24(36)32-23)17-8-6-16(7-9-17)25(26,27)28/h2-9,13,15,18H,10-12,14H2,1H3,(H,29,30)(H,31,32,36). The zero-order chi connectivity index (χ0) is 25.0. The van der Waals surface area contributed by atoms with Crippen LogP contribution in [0.3, 0.4) is 0 Å². The molecule has 4 heterocycles. The highest BCUT2D eigenvalue weighted by Crippen LogP contribution is 2.33. The fourth-order valence-corrected chi connectivity index (χ4v) is 5.08. The first-order valence-corrected chi connectivity index (χ1v) is 11.7. The maximum Gasteiger partial charge on any atom is 0.416 e. The molecule has 0 radical (unpaired) electrons. The summed E-state index contributed by atoms with van der Waals surface area (Å²) >= 11 is 0. The first kappa shape index (κ1) is 22.6. The lowest BCUT2D eigenvalue weighted by atomic mass is 9.96. The van der Waals surface area contributed by atoms with Gasteiger partial charge in [-0.2, -0.15) is 13.2 Å². The number of amidine groups is 1. The number of anilines is 1. The molecule has 8 nitrogen and oxygen atoms in total. The molecule has 0 spiro atoms. The Labute approximate surface area is 205 Å². The van der Waals surface area contributed by atoms with E-state index in [9.17, 15) is 18.0 Å². The summed E-state index contributed by atoms with van der Waals surface area (Å²) in [5.74, 6) is 2.32. The van der Waals surface area contributed by atoms with E-state index >= 15 is 0 Å². The SMILES string of the molecule is CC1CN(Cc2nc3ccccc3[nH]2)CC1C1=NC2=CN(c3ccc(C(F)(F)F)cc3)CN2C(=O)N1. The second-order valence-electron chi connectivity index (χ2n) is 9.48. The van der Waals surface area contributed by atoms with Crippen molar-refractivity contribution in [3.05, 3.63) is 71.9 Å². The number of aliphatic imine (C=N–C) groups is 1. The van der Waals surface area contributed by atoms with Crippen LogP contribution in [0.25, 0.3) is 11.0 Å². The predicted molar refractivity (Wildman–Crippen MR) is 129 cm³/mol. The fourth-order valence-electron chi connectivity index (χ4n) is 5.08. The number of carbonyl (C=O) groups is 1. The van der Waals surface area contributed by atoms with Gasteiger partial charge in [-0.25, -0.2) is 14.8 Å². The Morgan fingerprint density at radius 1 is 1.08 bits per heavy atom. The first-order valence-electron chi connectivity index (χ1n) is 11.7. The van der Waals surface area contributed by atoms with Crippen molar-refractivity contribution in [1.82, 2.24) is 25.1 Å². The van der Waals surface area contributed by atoms with Crippen LogP contribution in [-0.2, 0) is 12.7 Å². The molecule has 3 aromatic rings. The molecule has 1 fully saturated rings. The van der Waals surface area contributed by atoms with Gasteiger partial charge in [0.25, 0.3) is 0 Å². The van der Waals surface area contributed by atoms with E-state index in [1.54, 1.807) is 11.1 Å². The van der Waals surface area contributed by atoms with E-state index in [2.05, 4.69) is 27.1 Å². The topological polar surface area (TPSA) is 79.9 Å². The third-order valence-corrected chi connectivity index (χ3v) is 6.93. The average molecular weight is 496 g/mol. The molecule has 3 aliphatic heterocycles. The minimum absolute atomic E-state index is 0.0431. The Bertz CT molecular complexity index is 1350. The summed E-state index contributed by atoms with van der Waals surface area (Å²) in [7, 11) is 0.